The van der Waals surface area contributed by atoms with Crippen LogP contribution in [-0.4, -0.2) is 62.1 Å². The summed E-state index contributed by atoms with van der Waals surface area (Å²) in [5.41, 5.74) is 0.290. The van der Waals surface area contributed by atoms with Crippen LogP contribution in [0.1, 0.15) is 13.3 Å². The molecule has 0 N–H and O–H groups in total. The van der Waals surface area contributed by atoms with Crippen molar-refractivity contribution in [2.45, 2.75) is 42.9 Å². The molecule has 3 saturated heterocycles. The Labute approximate surface area is 117 Å². The van der Waals surface area contributed by atoms with Crippen LogP contribution in [-0.2, 0) is 29.0 Å². The van der Waals surface area contributed by atoms with E-state index in [1.807, 2.05) is 0 Å². The molecule has 3 fully saturated rings. The zero-order valence-corrected chi connectivity index (χ0v) is 12.1. The average molecular weight is 303 g/mol. The predicted octanol–water partition coefficient (Wildman–Crippen LogP) is -0.368. The molecular formula is C12H17NO6S. The van der Waals surface area contributed by atoms with Crippen molar-refractivity contribution in [2.24, 2.45) is 0 Å². The molecular weight excluding hydrogens is 286 g/mol. The summed E-state index contributed by atoms with van der Waals surface area (Å²) in [6, 6.07) is -0.327. The lowest BCUT2D eigenvalue weighted by Crippen LogP contribution is -2.45. The number of fused-ring (bicyclic) bond motifs is 1. The van der Waals surface area contributed by atoms with Crippen LogP contribution in [0.5, 0.6) is 0 Å². The first-order valence-corrected chi connectivity index (χ1v) is 7.91. The summed E-state index contributed by atoms with van der Waals surface area (Å²) in [4.78, 5) is 11.3. The van der Waals surface area contributed by atoms with Gasteiger partial charge in [-0.2, -0.15) is 4.31 Å². The maximum atomic E-state index is 12.1. The van der Waals surface area contributed by atoms with Gasteiger partial charge in [0.1, 0.15) is 11.4 Å². The van der Waals surface area contributed by atoms with E-state index in [9.17, 15) is 13.2 Å². The Morgan fingerprint density at radius 3 is 2.85 bits per heavy atom. The number of carbonyl (C=O) groups excluding carboxylic acids is 1. The second kappa shape index (κ2) is 4.52. The van der Waals surface area contributed by atoms with Crippen molar-refractivity contribution < 1.29 is 27.4 Å². The third-order valence-electron chi connectivity index (χ3n) is 4.21. The first kappa shape index (κ1) is 14.0. The van der Waals surface area contributed by atoms with Crippen molar-refractivity contribution in [2.75, 3.05) is 13.8 Å². The highest BCUT2D eigenvalue weighted by molar-refractivity contribution is 7.90. The molecule has 7 nitrogen and oxygen atoms in total. The molecule has 0 aromatic carbocycles. The average Bonchev–Trinajstić information content (AvgIpc) is 2.98. The summed E-state index contributed by atoms with van der Waals surface area (Å²) in [5, 5.41) is -0.458. The van der Waals surface area contributed by atoms with Gasteiger partial charge in [0.05, 0.1) is 18.2 Å². The van der Waals surface area contributed by atoms with Crippen LogP contribution >= 0.6 is 0 Å². The van der Waals surface area contributed by atoms with Crippen LogP contribution in [0.25, 0.3) is 0 Å². The zero-order chi connectivity index (χ0) is 14.7. The Hall–Kier alpha value is -0.960. The number of hydrogen-bond donors (Lipinski definition) is 0. The van der Waals surface area contributed by atoms with Crippen LogP contribution < -0.4 is 0 Å². The van der Waals surface area contributed by atoms with Crippen LogP contribution in [0.2, 0.25) is 0 Å². The molecule has 3 heterocycles. The Kier molecular flexibility index (Phi) is 3.16. The van der Waals surface area contributed by atoms with Crippen molar-refractivity contribution in [3.8, 4) is 0 Å². The number of ether oxygens (including phenoxy) is 3. The number of rotatable bonds is 4. The quantitative estimate of drug-likeness (QED) is 0.400. The van der Waals surface area contributed by atoms with Crippen molar-refractivity contribution in [1.29, 1.82) is 0 Å². The molecule has 3 aliphatic rings. The largest absolute Gasteiger partial charge is 0.435 e. The van der Waals surface area contributed by atoms with E-state index in [4.69, 9.17) is 14.2 Å². The highest BCUT2D eigenvalue weighted by atomic mass is 32.2. The lowest BCUT2D eigenvalue weighted by molar-refractivity contribution is -0.160. The molecule has 0 aliphatic carbocycles. The lowest BCUT2D eigenvalue weighted by atomic mass is 9.92. The van der Waals surface area contributed by atoms with E-state index in [1.54, 1.807) is 14.0 Å². The maximum Gasteiger partial charge on any atom is 0.335 e. The number of carbonyl (C=O) groups is 1. The van der Waals surface area contributed by atoms with Gasteiger partial charge in [-0.05, 0) is 13.3 Å². The molecule has 0 aromatic rings. The van der Waals surface area contributed by atoms with Gasteiger partial charge >= 0.3 is 5.97 Å². The summed E-state index contributed by atoms with van der Waals surface area (Å²) in [6.45, 7) is 4.79. The van der Waals surface area contributed by atoms with Gasteiger partial charge in [0.25, 0.3) is 0 Å². The Balaban J connectivity index is 1.66. The van der Waals surface area contributed by atoms with E-state index in [2.05, 4.69) is 6.58 Å². The number of nitrogens with zero attached hydrogens (tertiary/aromatic N) is 1. The molecule has 8 heteroatoms. The van der Waals surface area contributed by atoms with E-state index < -0.39 is 27.3 Å². The summed E-state index contributed by atoms with van der Waals surface area (Å²) in [7, 11) is -1.75. The van der Waals surface area contributed by atoms with Crippen LogP contribution in [0.4, 0.5) is 0 Å². The standard InChI is InChI=1S/C12H17NO6S/c1-6(2)12(14)18-5-17-10-7-4-8-11(19-7)9(10)13(3)20(8,15)16/h7-11H,1,4-5H2,2-3H3. The van der Waals surface area contributed by atoms with Gasteiger partial charge in [0.2, 0.25) is 10.0 Å². The third-order valence-corrected chi connectivity index (χ3v) is 6.48. The SMILES string of the molecule is C=C(C)C(=O)OCOC1C2CC3C(O2)C1N(C)S3(=O)=O. The van der Waals surface area contributed by atoms with Gasteiger partial charge in [-0.25, -0.2) is 13.2 Å². The second-order valence-corrected chi connectivity index (χ2v) is 7.64. The minimum Gasteiger partial charge on any atom is -0.435 e. The van der Waals surface area contributed by atoms with E-state index in [1.165, 1.54) is 4.31 Å². The van der Waals surface area contributed by atoms with Crippen LogP contribution in [0, 0.1) is 0 Å². The third kappa shape index (κ3) is 1.82. The highest BCUT2D eigenvalue weighted by Crippen LogP contribution is 2.48. The molecule has 3 aliphatic heterocycles. The predicted molar refractivity (Wildman–Crippen MR) is 68.2 cm³/mol. The van der Waals surface area contributed by atoms with Crippen molar-refractivity contribution in [3.63, 3.8) is 0 Å². The Morgan fingerprint density at radius 2 is 2.20 bits per heavy atom. The molecule has 0 aromatic heterocycles. The molecule has 2 bridgehead atoms. The van der Waals surface area contributed by atoms with Gasteiger partial charge in [0, 0.05) is 12.6 Å². The fourth-order valence-electron chi connectivity index (χ4n) is 3.21. The number of likely N-dealkylation sites (N-methyl/N-ethyl adjacent to an activating group) is 1. The second-order valence-electron chi connectivity index (χ2n) is 5.43. The number of hydrogen-bond acceptors (Lipinski definition) is 6. The van der Waals surface area contributed by atoms with E-state index in [-0.39, 0.29) is 25.0 Å². The van der Waals surface area contributed by atoms with Gasteiger partial charge in [-0.3, -0.25) is 0 Å². The van der Waals surface area contributed by atoms with E-state index in [0.29, 0.717) is 12.0 Å². The smallest absolute Gasteiger partial charge is 0.335 e. The fraction of sp³-hybridized carbons (Fsp3) is 0.750. The molecule has 0 spiro atoms. The maximum absolute atomic E-state index is 12.1. The summed E-state index contributed by atoms with van der Waals surface area (Å²) in [5.74, 6) is -0.528. The molecule has 20 heavy (non-hydrogen) atoms. The Morgan fingerprint density at radius 1 is 1.50 bits per heavy atom. The zero-order valence-electron chi connectivity index (χ0n) is 11.3. The summed E-state index contributed by atoms with van der Waals surface area (Å²) in [6.07, 6.45) is -0.543. The molecule has 0 saturated carbocycles. The van der Waals surface area contributed by atoms with Crippen molar-refractivity contribution in [3.05, 3.63) is 12.2 Å². The first-order chi connectivity index (χ1) is 9.34. The normalized spacial score (nSPS) is 41.0. The number of esters is 1. The van der Waals surface area contributed by atoms with Gasteiger partial charge < -0.3 is 14.2 Å². The van der Waals surface area contributed by atoms with Crippen molar-refractivity contribution >= 4 is 16.0 Å². The lowest BCUT2D eigenvalue weighted by Gasteiger charge is -2.25. The monoisotopic (exact) mass is 303 g/mol. The van der Waals surface area contributed by atoms with Gasteiger partial charge in [-0.1, -0.05) is 6.58 Å². The minimum atomic E-state index is -3.29. The van der Waals surface area contributed by atoms with E-state index >= 15 is 0 Å². The topological polar surface area (TPSA) is 82.1 Å². The number of sulfonamides is 1. The fourth-order valence-corrected chi connectivity index (χ4v) is 5.21. The first-order valence-electron chi connectivity index (χ1n) is 6.40. The highest BCUT2D eigenvalue weighted by Gasteiger charge is 2.67. The molecule has 112 valence electrons. The summed E-state index contributed by atoms with van der Waals surface area (Å²) >= 11 is 0. The van der Waals surface area contributed by atoms with Crippen molar-refractivity contribution in [1.82, 2.24) is 4.31 Å². The van der Waals surface area contributed by atoms with Gasteiger partial charge in [0.15, 0.2) is 6.79 Å². The molecule has 5 unspecified atom stereocenters. The van der Waals surface area contributed by atoms with E-state index in [0.717, 1.165) is 0 Å². The molecule has 0 amide bonds. The van der Waals surface area contributed by atoms with Crippen LogP contribution in [0.15, 0.2) is 12.2 Å². The molecule has 5 atom stereocenters. The Bertz CT molecular complexity index is 558. The van der Waals surface area contributed by atoms with Crippen LogP contribution in [0.3, 0.4) is 0 Å². The summed E-state index contributed by atoms with van der Waals surface area (Å²) < 4.78 is 41.7. The minimum absolute atomic E-state index is 0.224. The van der Waals surface area contributed by atoms with Gasteiger partial charge in [-0.15, -0.1) is 0 Å². The molecule has 0 radical (unpaired) electrons. The molecule has 3 rings (SSSR count).